The van der Waals surface area contributed by atoms with Crippen LogP contribution in [0.5, 0.6) is 0 Å². The van der Waals surface area contributed by atoms with Gasteiger partial charge < -0.3 is 15.0 Å². The Labute approximate surface area is 189 Å². The van der Waals surface area contributed by atoms with Crippen LogP contribution >= 0.6 is 11.6 Å². The van der Waals surface area contributed by atoms with E-state index in [0.717, 1.165) is 16.3 Å². The fraction of sp³-hybridized carbons (Fsp3) is 0.458. The van der Waals surface area contributed by atoms with Gasteiger partial charge in [0.25, 0.3) is 0 Å². The summed E-state index contributed by atoms with van der Waals surface area (Å²) in [5, 5.41) is 14.1. The van der Waals surface area contributed by atoms with E-state index in [0.29, 0.717) is 19.4 Å². The molecule has 0 fully saturated rings. The van der Waals surface area contributed by atoms with Crippen LogP contribution in [0.15, 0.2) is 42.5 Å². The molecule has 2 aromatic rings. The van der Waals surface area contributed by atoms with Crippen molar-refractivity contribution in [3.05, 3.63) is 48.0 Å². The number of hydrogen-bond donors (Lipinski definition) is 1. The number of alkyl halides is 1. The molecule has 0 bridgehead atoms. The van der Waals surface area contributed by atoms with E-state index < -0.39 is 17.7 Å². The Morgan fingerprint density at radius 1 is 1.19 bits per heavy atom. The molecule has 0 saturated heterocycles. The molecule has 0 aliphatic carbocycles. The normalized spacial score (nSPS) is 12.1. The van der Waals surface area contributed by atoms with Crippen LogP contribution in [0.1, 0.15) is 39.2 Å². The lowest BCUT2D eigenvalue weighted by Crippen LogP contribution is -2.48. The van der Waals surface area contributed by atoms with Crippen molar-refractivity contribution in [3.8, 4) is 6.07 Å². The van der Waals surface area contributed by atoms with E-state index in [9.17, 15) is 9.59 Å². The molecule has 0 aliphatic rings. The quantitative estimate of drug-likeness (QED) is 0.572. The van der Waals surface area contributed by atoms with Gasteiger partial charge in [-0.3, -0.25) is 4.79 Å². The number of nitrogens with one attached hydrogen (secondary N) is 1. The van der Waals surface area contributed by atoms with E-state index >= 15 is 0 Å². The molecule has 166 valence electrons. The summed E-state index contributed by atoms with van der Waals surface area (Å²) in [7, 11) is 0. The zero-order chi connectivity index (χ0) is 22.9. The number of ether oxygens (including phenoxy) is 1. The van der Waals surface area contributed by atoms with Gasteiger partial charge in [-0.25, -0.2) is 4.79 Å². The van der Waals surface area contributed by atoms with Crippen molar-refractivity contribution in [1.29, 1.82) is 5.26 Å². The molecule has 0 radical (unpaired) electrons. The lowest BCUT2D eigenvalue weighted by Gasteiger charge is -2.29. The lowest BCUT2D eigenvalue weighted by molar-refractivity contribution is -0.128. The first-order valence-corrected chi connectivity index (χ1v) is 10.9. The number of carbonyl (C=O) groups is 2. The van der Waals surface area contributed by atoms with Gasteiger partial charge in [0.05, 0.1) is 12.1 Å². The second kappa shape index (κ2) is 11.6. The monoisotopic (exact) mass is 443 g/mol. The van der Waals surface area contributed by atoms with E-state index in [2.05, 4.69) is 41.7 Å². The molecule has 0 aliphatic heterocycles. The molecule has 1 unspecified atom stereocenters. The molecule has 0 saturated carbocycles. The minimum Gasteiger partial charge on any atom is -0.444 e. The van der Waals surface area contributed by atoms with Gasteiger partial charge in [0.1, 0.15) is 11.5 Å². The third-order valence-corrected chi connectivity index (χ3v) is 4.95. The summed E-state index contributed by atoms with van der Waals surface area (Å²) < 4.78 is 5.32. The predicted octanol–water partition coefficient (Wildman–Crippen LogP) is 4.65. The molecular weight excluding hydrogens is 414 g/mol. The first kappa shape index (κ1) is 24.5. The summed E-state index contributed by atoms with van der Waals surface area (Å²) in [4.78, 5) is 26.3. The van der Waals surface area contributed by atoms with E-state index in [-0.39, 0.29) is 24.8 Å². The summed E-state index contributed by atoms with van der Waals surface area (Å²) in [5.74, 6) is -0.356. The number of alkyl carbamates (subject to hydrolysis) is 1. The Kier molecular flexibility index (Phi) is 9.14. The highest BCUT2D eigenvalue weighted by Crippen LogP contribution is 2.16. The van der Waals surface area contributed by atoms with Crippen LogP contribution in [0.2, 0.25) is 0 Å². The molecule has 2 amide bonds. The summed E-state index contributed by atoms with van der Waals surface area (Å²) in [6.07, 6.45) is 0.764. The van der Waals surface area contributed by atoms with E-state index in [1.54, 1.807) is 25.7 Å². The van der Waals surface area contributed by atoms with Crippen molar-refractivity contribution in [2.45, 2.75) is 51.7 Å². The van der Waals surface area contributed by atoms with E-state index in [4.69, 9.17) is 21.6 Å². The standard InChI is InChI=1S/C24H30ClN3O3/c1-24(2,3)31-23(30)27-21(9-6-13-26)17-28(22(29)16-25)14-12-18-10-11-19-7-4-5-8-20(19)15-18/h4-5,7-8,10-11,15,21H,6,9,12,14,16-17H2,1-3H3,(H,27,30). The number of benzene rings is 2. The van der Waals surface area contributed by atoms with Gasteiger partial charge >= 0.3 is 6.09 Å². The second-order valence-electron chi connectivity index (χ2n) is 8.44. The fourth-order valence-corrected chi connectivity index (χ4v) is 3.42. The topological polar surface area (TPSA) is 82.4 Å². The third kappa shape index (κ3) is 8.47. The van der Waals surface area contributed by atoms with Gasteiger partial charge in [-0.2, -0.15) is 5.26 Å². The van der Waals surface area contributed by atoms with Crippen molar-refractivity contribution < 1.29 is 14.3 Å². The van der Waals surface area contributed by atoms with Gasteiger partial charge in [0.15, 0.2) is 0 Å². The lowest BCUT2D eigenvalue weighted by atomic mass is 10.0. The van der Waals surface area contributed by atoms with Crippen LogP contribution in [-0.2, 0) is 16.0 Å². The molecular formula is C24H30ClN3O3. The maximum Gasteiger partial charge on any atom is 0.407 e. The fourth-order valence-electron chi connectivity index (χ4n) is 3.25. The van der Waals surface area contributed by atoms with E-state index in [1.165, 1.54) is 0 Å². The molecule has 1 N–H and O–H groups in total. The van der Waals surface area contributed by atoms with Crippen molar-refractivity contribution in [1.82, 2.24) is 10.2 Å². The minimum atomic E-state index is -0.633. The highest BCUT2D eigenvalue weighted by Gasteiger charge is 2.23. The number of hydrogen-bond acceptors (Lipinski definition) is 4. The smallest absolute Gasteiger partial charge is 0.407 e. The maximum atomic E-state index is 12.5. The number of amides is 2. The summed E-state index contributed by atoms with van der Waals surface area (Å²) in [5.41, 5.74) is 0.478. The van der Waals surface area contributed by atoms with Crippen LogP contribution in [0.3, 0.4) is 0 Å². The van der Waals surface area contributed by atoms with Crippen molar-refractivity contribution in [2.24, 2.45) is 0 Å². The summed E-state index contributed by atoms with van der Waals surface area (Å²) >= 11 is 5.83. The van der Waals surface area contributed by atoms with Crippen LogP contribution in [0.25, 0.3) is 10.8 Å². The molecule has 2 rings (SSSR count). The van der Waals surface area contributed by atoms with Crippen molar-refractivity contribution in [3.63, 3.8) is 0 Å². The average Bonchev–Trinajstić information content (AvgIpc) is 2.72. The Hall–Kier alpha value is -2.78. The predicted molar refractivity (Wildman–Crippen MR) is 123 cm³/mol. The van der Waals surface area contributed by atoms with Gasteiger partial charge in [0.2, 0.25) is 5.91 Å². The highest BCUT2D eigenvalue weighted by molar-refractivity contribution is 6.27. The number of fused-ring (bicyclic) bond motifs is 1. The van der Waals surface area contributed by atoms with Crippen LogP contribution in [0, 0.1) is 11.3 Å². The molecule has 7 heteroatoms. The van der Waals surface area contributed by atoms with Crippen LogP contribution < -0.4 is 5.32 Å². The largest absolute Gasteiger partial charge is 0.444 e. The number of nitrogens with zero attached hydrogens (tertiary/aromatic N) is 2. The number of carbonyl (C=O) groups excluding carboxylic acids is 2. The summed E-state index contributed by atoms with van der Waals surface area (Å²) in [6, 6.07) is 16.0. The molecule has 0 spiro atoms. The maximum absolute atomic E-state index is 12.5. The average molecular weight is 444 g/mol. The van der Waals surface area contributed by atoms with Gasteiger partial charge in [-0.05, 0) is 49.9 Å². The Balaban J connectivity index is 2.07. The van der Waals surface area contributed by atoms with Crippen molar-refractivity contribution >= 4 is 34.4 Å². The molecule has 2 aromatic carbocycles. The third-order valence-electron chi connectivity index (χ3n) is 4.72. The Morgan fingerprint density at radius 3 is 2.55 bits per heavy atom. The SMILES string of the molecule is CC(C)(C)OC(=O)NC(CCC#N)CN(CCc1ccc2ccccc2c1)C(=O)CCl. The molecule has 0 heterocycles. The van der Waals surface area contributed by atoms with Crippen LogP contribution in [-0.4, -0.2) is 47.5 Å². The van der Waals surface area contributed by atoms with Gasteiger partial charge in [-0.15, -0.1) is 11.6 Å². The van der Waals surface area contributed by atoms with Gasteiger partial charge in [-0.1, -0.05) is 42.5 Å². The number of nitriles is 1. The Morgan fingerprint density at radius 2 is 1.90 bits per heavy atom. The highest BCUT2D eigenvalue weighted by atomic mass is 35.5. The first-order chi connectivity index (χ1) is 14.7. The zero-order valence-corrected chi connectivity index (χ0v) is 19.1. The van der Waals surface area contributed by atoms with Crippen molar-refractivity contribution in [2.75, 3.05) is 19.0 Å². The number of rotatable bonds is 9. The summed E-state index contributed by atoms with van der Waals surface area (Å²) in [6.45, 7) is 6.07. The van der Waals surface area contributed by atoms with E-state index in [1.807, 2.05) is 12.1 Å². The zero-order valence-electron chi connectivity index (χ0n) is 18.4. The number of halogens is 1. The Bertz CT molecular complexity index is 934. The molecule has 1 atom stereocenters. The van der Waals surface area contributed by atoms with Gasteiger partial charge in [0, 0.05) is 19.5 Å². The molecule has 6 nitrogen and oxygen atoms in total. The minimum absolute atomic E-state index is 0.144. The first-order valence-electron chi connectivity index (χ1n) is 10.4. The molecule has 0 aromatic heterocycles. The molecule has 31 heavy (non-hydrogen) atoms. The second-order valence-corrected chi connectivity index (χ2v) is 8.71. The van der Waals surface area contributed by atoms with Crippen LogP contribution in [0.4, 0.5) is 4.79 Å².